The lowest BCUT2D eigenvalue weighted by Gasteiger charge is -2.11. The van der Waals surface area contributed by atoms with Crippen molar-refractivity contribution >= 4 is 17.0 Å². The van der Waals surface area contributed by atoms with Gasteiger partial charge >= 0.3 is 0 Å². The van der Waals surface area contributed by atoms with Crippen molar-refractivity contribution in [1.29, 1.82) is 0 Å². The second kappa shape index (κ2) is 5.38. The standard InChI is InChI=1S/C16H19N5O/c1-9-10(2)19-14(11(3)18-9)7-21-15-6-12(8-22)4-5-13(15)20-16(21)17/h4-6,22H,7-8H2,1-3H3,(H2,17,20). The van der Waals surface area contributed by atoms with E-state index >= 15 is 0 Å². The smallest absolute Gasteiger partial charge is 0.201 e. The number of nitrogens with two attached hydrogens (primary N) is 1. The lowest BCUT2D eigenvalue weighted by molar-refractivity contribution is 0.282. The predicted molar refractivity (Wildman–Crippen MR) is 85.4 cm³/mol. The molecule has 3 N–H and O–H groups in total. The molecule has 6 nitrogen and oxygen atoms in total. The van der Waals surface area contributed by atoms with E-state index in [1.165, 1.54) is 0 Å². The summed E-state index contributed by atoms with van der Waals surface area (Å²) in [5, 5.41) is 9.31. The fraction of sp³-hybridized carbons (Fsp3) is 0.312. The highest BCUT2D eigenvalue weighted by Gasteiger charge is 2.12. The zero-order valence-corrected chi connectivity index (χ0v) is 13.0. The number of aliphatic hydroxyl groups is 1. The first-order valence-corrected chi connectivity index (χ1v) is 7.16. The number of rotatable bonds is 3. The van der Waals surface area contributed by atoms with Gasteiger partial charge in [-0.2, -0.15) is 0 Å². The quantitative estimate of drug-likeness (QED) is 0.770. The second-order valence-electron chi connectivity index (χ2n) is 5.46. The molecule has 2 heterocycles. The Kier molecular flexibility index (Phi) is 3.54. The minimum absolute atomic E-state index is 0.0104. The molecule has 6 heteroatoms. The highest BCUT2D eigenvalue weighted by molar-refractivity contribution is 5.79. The van der Waals surface area contributed by atoms with E-state index < -0.39 is 0 Å². The summed E-state index contributed by atoms with van der Waals surface area (Å²) in [5.74, 6) is 0.435. The molecule has 22 heavy (non-hydrogen) atoms. The number of hydrogen-bond donors (Lipinski definition) is 2. The van der Waals surface area contributed by atoms with E-state index in [-0.39, 0.29) is 6.61 Å². The van der Waals surface area contributed by atoms with Crippen molar-refractivity contribution in [2.75, 3.05) is 5.73 Å². The van der Waals surface area contributed by atoms with Crippen LogP contribution in [0.5, 0.6) is 0 Å². The van der Waals surface area contributed by atoms with E-state index in [1.54, 1.807) is 0 Å². The molecule has 114 valence electrons. The summed E-state index contributed by atoms with van der Waals surface area (Å²) < 4.78 is 1.90. The summed E-state index contributed by atoms with van der Waals surface area (Å²) in [6.07, 6.45) is 0. The first kappa shape index (κ1) is 14.5. The van der Waals surface area contributed by atoms with E-state index in [0.29, 0.717) is 12.5 Å². The van der Waals surface area contributed by atoms with Gasteiger partial charge in [0.1, 0.15) is 0 Å². The molecule has 0 spiro atoms. The Morgan fingerprint density at radius 2 is 1.77 bits per heavy atom. The van der Waals surface area contributed by atoms with Crippen LogP contribution in [0.3, 0.4) is 0 Å². The normalized spacial score (nSPS) is 11.3. The van der Waals surface area contributed by atoms with Gasteiger partial charge < -0.3 is 15.4 Å². The molecule has 0 aliphatic rings. The first-order chi connectivity index (χ1) is 10.5. The van der Waals surface area contributed by atoms with Crippen molar-refractivity contribution in [3.8, 4) is 0 Å². The minimum atomic E-state index is -0.0104. The van der Waals surface area contributed by atoms with Gasteiger partial charge in [0.05, 0.1) is 47.0 Å². The van der Waals surface area contributed by atoms with Crippen molar-refractivity contribution in [3.05, 3.63) is 46.5 Å². The molecule has 0 saturated carbocycles. The van der Waals surface area contributed by atoms with E-state index in [2.05, 4.69) is 15.0 Å². The molecule has 0 unspecified atom stereocenters. The van der Waals surface area contributed by atoms with Crippen molar-refractivity contribution in [2.24, 2.45) is 0 Å². The SMILES string of the molecule is Cc1nc(C)c(Cn2c(N)nc3ccc(CO)cc32)nc1C. The Morgan fingerprint density at radius 3 is 2.50 bits per heavy atom. The van der Waals surface area contributed by atoms with Crippen LogP contribution in [0.25, 0.3) is 11.0 Å². The summed E-state index contributed by atoms with van der Waals surface area (Å²) in [6.45, 7) is 6.35. The molecular weight excluding hydrogens is 278 g/mol. The molecule has 2 aromatic heterocycles. The number of aliphatic hydroxyl groups excluding tert-OH is 1. The number of anilines is 1. The molecule has 0 amide bonds. The maximum atomic E-state index is 9.31. The van der Waals surface area contributed by atoms with Crippen molar-refractivity contribution in [1.82, 2.24) is 19.5 Å². The number of benzene rings is 1. The van der Waals surface area contributed by atoms with Gasteiger partial charge in [-0.25, -0.2) is 4.98 Å². The maximum absolute atomic E-state index is 9.31. The Morgan fingerprint density at radius 1 is 1.05 bits per heavy atom. The van der Waals surface area contributed by atoms with E-state index in [0.717, 1.165) is 39.4 Å². The van der Waals surface area contributed by atoms with Crippen molar-refractivity contribution in [2.45, 2.75) is 33.9 Å². The lowest BCUT2D eigenvalue weighted by atomic mass is 10.2. The average Bonchev–Trinajstić information content (AvgIpc) is 2.80. The molecule has 0 bridgehead atoms. The van der Waals surface area contributed by atoms with E-state index in [9.17, 15) is 5.11 Å². The number of nitrogen functional groups attached to an aromatic ring is 1. The molecule has 0 fully saturated rings. The Labute approximate surface area is 128 Å². The summed E-state index contributed by atoms with van der Waals surface area (Å²) in [5.41, 5.74) is 12.2. The molecule has 0 aliphatic heterocycles. The summed E-state index contributed by atoms with van der Waals surface area (Å²) in [4.78, 5) is 13.5. The van der Waals surface area contributed by atoms with Crippen LogP contribution in [0.2, 0.25) is 0 Å². The van der Waals surface area contributed by atoms with Crippen LogP contribution in [-0.2, 0) is 13.2 Å². The van der Waals surface area contributed by atoms with Crippen LogP contribution in [0.15, 0.2) is 18.2 Å². The van der Waals surface area contributed by atoms with Gasteiger partial charge in [0.2, 0.25) is 5.95 Å². The number of hydrogen-bond acceptors (Lipinski definition) is 5. The van der Waals surface area contributed by atoms with Gasteiger partial charge in [0, 0.05) is 0 Å². The van der Waals surface area contributed by atoms with Crippen molar-refractivity contribution in [3.63, 3.8) is 0 Å². The van der Waals surface area contributed by atoms with Gasteiger partial charge in [-0.05, 0) is 38.5 Å². The van der Waals surface area contributed by atoms with Crippen molar-refractivity contribution < 1.29 is 5.11 Å². The molecule has 3 rings (SSSR count). The predicted octanol–water partition coefficient (Wildman–Crippen LogP) is 1.87. The molecule has 0 aliphatic carbocycles. The highest BCUT2D eigenvalue weighted by Crippen LogP contribution is 2.21. The number of nitrogens with zero attached hydrogens (tertiary/aromatic N) is 4. The number of aromatic nitrogens is 4. The third-order valence-electron chi connectivity index (χ3n) is 3.91. The molecule has 3 aromatic rings. The van der Waals surface area contributed by atoms with E-state index in [4.69, 9.17) is 5.73 Å². The van der Waals surface area contributed by atoms with Crippen LogP contribution >= 0.6 is 0 Å². The van der Waals surface area contributed by atoms with Crippen LogP contribution < -0.4 is 5.73 Å². The maximum Gasteiger partial charge on any atom is 0.201 e. The number of imidazole rings is 1. The van der Waals surface area contributed by atoms with Crippen LogP contribution in [0.4, 0.5) is 5.95 Å². The third kappa shape index (κ3) is 2.42. The van der Waals surface area contributed by atoms with Crippen LogP contribution in [-0.4, -0.2) is 24.6 Å². The summed E-state index contributed by atoms with van der Waals surface area (Å²) in [6, 6.07) is 5.62. The number of aryl methyl sites for hydroxylation is 3. The van der Waals surface area contributed by atoms with Gasteiger partial charge in [-0.1, -0.05) is 6.07 Å². The van der Waals surface area contributed by atoms with Gasteiger partial charge in [0.15, 0.2) is 0 Å². The zero-order chi connectivity index (χ0) is 15.9. The van der Waals surface area contributed by atoms with E-state index in [1.807, 2.05) is 43.5 Å². The molecule has 1 aromatic carbocycles. The summed E-state index contributed by atoms with van der Waals surface area (Å²) >= 11 is 0. The van der Waals surface area contributed by atoms with Gasteiger partial charge in [0.25, 0.3) is 0 Å². The van der Waals surface area contributed by atoms with Crippen LogP contribution in [0.1, 0.15) is 28.3 Å². The average molecular weight is 297 g/mol. The van der Waals surface area contributed by atoms with Gasteiger partial charge in [-0.15, -0.1) is 0 Å². The molecule has 0 atom stereocenters. The fourth-order valence-corrected chi connectivity index (χ4v) is 2.51. The highest BCUT2D eigenvalue weighted by atomic mass is 16.3. The minimum Gasteiger partial charge on any atom is -0.392 e. The lowest BCUT2D eigenvalue weighted by Crippen LogP contribution is -2.10. The summed E-state index contributed by atoms with van der Waals surface area (Å²) in [7, 11) is 0. The Bertz CT molecular complexity index is 853. The fourth-order valence-electron chi connectivity index (χ4n) is 2.51. The monoisotopic (exact) mass is 297 g/mol. The Balaban J connectivity index is 2.10. The van der Waals surface area contributed by atoms with Crippen LogP contribution in [0, 0.1) is 20.8 Å². The van der Waals surface area contributed by atoms with Gasteiger partial charge in [-0.3, -0.25) is 9.97 Å². The zero-order valence-electron chi connectivity index (χ0n) is 13.0. The second-order valence-corrected chi connectivity index (χ2v) is 5.46. The first-order valence-electron chi connectivity index (χ1n) is 7.16. The topological polar surface area (TPSA) is 89.9 Å². The largest absolute Gasteiger partial charge is 0.392 e. The molecular formula is C16H19N5O. The number of fused-ring (bicyclic) bond motifs is 1. The molecule has 0 radical (unpaired) electrons. The molecule has 0 saturated heterocycles. The Hall–Kier alpha value is -2.47. The third-order valence-corrected chi connectivity index (χ3v) is 3.91.